The van der Waals surface area contributed by atoms with Gasteiger partial charge in [0, 0.05) is 7.05 Å². The minimum Gasteiger partial charge on any atom is -0.397 e. The molecule has 0 aliphatic heterocycles. The van der Waals surface area contributed by atoms with Crippen LogP contribution in [0.25, 0.3) is 0 Å². The van der Waals surface area contributed by atoms with Gasteiger partial charge in [0.1, 0.15) is 0 Å². The standard InChI is InChI=1S/C7H11N3.C2H6/c1-10(9)7-5-3-2-4-6(7)8;1-2/h2-5H,8-9H2,1H3;1-2H3. The third-order valence-corrected chi connectivity index (χ3v) is 1.32. The first-order chi connectivity index (χ1) is 5.72. The molecule has 0 bridgehead atoms. The second-order valence-corrected chi connectivity index (χ2v) is 2.17. The van der Waals surface area contributed by atoms with Crippen molar-refractivity contribution < 1.29 is 0 Å². The van der Waals surface area contributed by atoms with Crippen molar-refractivity contribution in [1.29, 1.82) is 0 Å². The van der Waals surface area contributed by atoms with Crippen LogP contribution < -0.4 is 16.6 Å². The zero-order valence-corrected chi connectivity index (χ0v) is 7.91. The summed E-state index contributed by atoms with van der Waals surface area (Å²) in [7, 11) is 1.76. The van der Waals surface area contributed by atoms with Gasteiger partial charge in [-0.25, -0.2) is 5.84 Å². The Labute approximate surface area is 73.9 Å². The van der Waals surface area contributed by atoms with Crippen molar-refractivity contribution in [3.05, 3.63) is 24.3 Å². The molecule has 0 aliphatic rings. The van der Waals surface area contributed by atoms with Crippen LogP contribution in [0.4, 0.5) is 11.4 Å². The van der Waals surface area contributed by atoms with Gasteiger partial charge in [-0.05, 0) is 12.1 Å². The summed E-state index contributed by atoms with van der Waals surface area (Å²) < 4.78 is 0. The highest BCUT2D eigenvalue weighted by Gasteiger charge is 1.96. The summed E-state index contributed by atoms with van der Waals surface area (Å²) in [5.41, 5.74) is 7.15. The van der Waals surface area contributed by atoms with Gasteiger partial charge in [0.05, 0.1) is 11.4 Å². The fourth-order valence-corrected chi connectivity index (χ4v) is 0.809. The lowest BCUT2D eigenvalue weighted by Gasteiger charge is -2.13. The molecule has 1 aromatic rings. The van der Waals surface area contributed by atoms with Crippen molar-refractivity contribution in [2.75, 3.05) is 17.8 Å². The molecule has 0 spiro atoms. The van der Waals surface area contributed by atoms with Gasteiger partial charge in [-0.1, -0.05) is 26.0 Å². The highest BCUT2D eigenvalue weighted by atomic mass is 15.4. The lowest BCUT2D eigenvalue weighted by atomic mass is 10.3. The molecule has 0 unspecified atom stereocenters. The van der Waals surface area contributed by atoms with E-state index in [-0.39, 0.29) is 0 Å². The predicted molar refractivity (Wildman–Crippen MR) is 54.8 cm³/mol. The normalized spacial score (nSPS) is 8.33. The first-order valence-electron chi connectivity index (χ1n) is 4.05. The van der Waals surface area contributed by atoms with E-state index in [4.69, 9.17) is 11.6 Å². The molecule has 1 rings (SSSR count). The Hall–Kier alpha value is -1.22. The van der Waals surface area contributed by atoms with Gasteiger partial charge in [-0.2, -0.15) is 0 Å². The summed E-state index contributed by atoms with van der Waals surface area (Å²) in [5.74, 6) is 5.47. The van der Waals surface area contributed by atoms with Gasteiger partial charge in [0.15, 0.2) is 0 Å². The highest BCUT2D eigenvalue weighted by molar-refractivity contribution is 5.65. The maximum Gasteiger partial charge on any atom is 0.0743 e. The molecule has 3 heteroatoms. The number of nitrogen functional groups attached to an aromatic ring is 1. The molecule has 0 heterocycles. The Morgan fingerprint density at radius 2 is 1.67 bits per heavy atom. The van der Waals surface area contributed by atoms with Gasteiger partial charge in [-0.15, -0.1) is 0 Å². The van der Waals surface area contributed by atoms with E-state index in [1.807, 2.05) is 38.1 Å². The minimum absolute atomic E-state index is 0.701. The molecule has 0 radical (unpaired) electrons. The van der Waals surface area contributed by atoms with Crippen LogP contribution in [-0.4, -0.2) is 7.05 Å². The number of anilines is 2. The molecule has 0 aliphatic carbocycles. The fourth-order valence-electron chi connectivity index (χ4n) is 0.809. The van der Waals surface area contributed by atoms with Crippen molar-refractivity contribution in [2.45, 2.75) is 13.8 Å². The summed E-state index contributed by atoms with van der Waals surface area (Å²) in [6.45, 7) is 4.00. The van der Waals surface area contributed by atoms with E-state index in [9.17, 15) is 0 Å². The van der Waals surface area contributed by atoms with Crippen molar-refractivity contribution in [3.63, 3.8) is 0 Å². The smallest absolute Gasteiger partial charge is 0.0743 e. The Kier molecular flexibility index (Phi) is 4.88. The third kappa shape index (κ3) is 2.80. The number of hydrogen-bond donors (Lipinski definition) is 2. The molecule has 0 aromatic heterocycles. The molecule has 0 atom stereocenters. The predicted octanol–water partition coefficient (Wildman–Crippen LogP) is 1.60. The SMILES string of the molecule is CC.CN(N)c1ccccc1N. The van der Waals surface area contributed by atoms with E-state index in [0.29, 0.717) is 5.69 Å². The molecule has 4 N–H and O–H groups in total. The van der Waals surface area contributed by atoms with Crippen molar-refractivity contribution >= 4 is 11.4 Å². The summed E-state index contributed by atoms with van der Waals surface area (Å²) in [6, 6.07) is 7.46. The number of nitrogens with two attached hydrogens (primary N) is 2. The summed E-state index contributed by atoms with van der Waals surface area (Å²) >= 11 is 0. The average molecular weight is 167 g/mol. The highest BCUT2D eigenvalue weighted by Crippen LogP contribution is 2.17. The molecule has 3 nitrogen and oxygen atoms in total. The van der Waals surface area contributed by atoms with Crippen LogP contribution in [0.1, 0.15) is 13.8 Å². The minimum atomic E-state index is 0.701. The average Bonchev–Trinajstić information content (AvgIpc) is 2.08. The fraction of sp³-hybridized carbons (Fsp3) is 0.333. The van der Waals surface area contributed by atoms with E-state index in [0.717, 1.165) is 5.69 Å². The summed E-state index contributed by atoms with van der Waals surface area (Å²) in [4.78, 5) is 0. The summed E-state index contributed by atoms with van der Waals surface area (Å²) in [6.07, 6.45) is 0. The van der Waals surface area contributed by atoms with E-state index < -0.39 is 0 Å². The quantitative estimate of drug-likeness (QED) is 0.379. The van der Waals surface area contributed by atoms with Crippen molar-refractivity contribution in [3.8, 4) is 0 Å². The maximum atomic E-state index is 5.60. The topological polar surface area (TPSA) is 55.3 Å². The molecule has 68 valence electrons. The van der Waals surface area contributed by atoms with Gasteiger partial charge in [-0.3, -0.25) is 0 Å². The first kappa shape index (κ1) is 10.8. The van der Waals surface area contributed by atoms with Crippen LogP contribution in [0.2, 0.25) is 0 Å². The Morgan fingerprint density at radius 1 is 1.17 bits per heavy atom. The van der Waals surface area contributed by atoms with Gasteiger partial charge < -0.3 is 10.7 Å². The van der Waals surface area contributed by atoms with Gasteiger partial charge >= 0.3 is 0 Å². The molecule has 1 aromatic carbocycles. The molecule has 0 amide bonds. The van der Waals surface area contributed by atoms with E-state index in [1.54, 1.807) is 7.05 Å². The second kappa shape index (κ2) is 5.43. The van der Waals surface area contributed by atoms with E-state index in [1.165, 1.54) is 5.01 Å². The van der Waals surface area contributed by atoms with Crippen LogP contribution in [0.5, 0.6) is 0 Å². The van der Waals surface area contributed by atoms with Crippen LogP contribution in [0.3, 0.4) is 0 Å². The van der Waals surface area contributed by atoms with E-state index >= 15 is 0 Å². The largest absolute Gasteiger partial charge is 0.397 e. The monoisotopic (exact) mass is 167 g/mol. The van der Waals surface area contributed by atoms with Crippen molar-refractivity contribution in [1.82, 2.24) is 0 Å². The zero-order chi connectivity index (χ0) is 9.56. The van der Waals surface area contributed by atoms with Crippen molar-refractivity contribution in [2.24, 2.45) is 5.84 Å². The second-order valence-electron chi connectivity index (χ2n) is 2.17. The van der Waals surface area contributed by atoms with Crippen LogP contribution in [0.15, 0.2) is 24.3 Å². The maximum absolute atomic E-state index is 5.60. The molecular weight excluding hydrogens is 150 g/mol. The molecule has 0 saturated heterocycles. The number of benzene rings is 1. The van der Waals surface area contributed by atoms with Crippen LogP contribution >= 0.6 is 0 Å². The molecular formula is C9H17N3. The van der Waals surface area contributed by atoms with Crippen LogP contribution in [0, 0.1) is 0 Å². The third-order valence-electron chi connectivity index (χ3n) is 1.32. The molecule has 0 fully saturated rings. The van der Waals surface area contributed by atoms with Crippen LogP contribution in [-0.2, 0) is 0 Å². The number of para-hydroxylation sites is 2. The number of rotatable bonds is 1. The Bertz CT molecular complexity index is 221. The lowest BCUT2D eigenvalue weighted by Crippen LogP contribution is -2.25. The first-order valence-corrected chi connectivity index (χ1v) is 4.05. The number of hydrogen-bond acceptors (Lipinski definition) is 3. The van der Waals surface area contributed by atoms with E-state index in [2.05, 4.69) is 0 Å². The lowest BCUT2D eigenvalue weighted by molar-refractivity contribution is 1.02. The Balaban J connectivity index is 0.000000561. The Morgan fingerprint density at radius 3 is 2.00 bits per heavy atom. The van der Waals surface area contributed by atoms with Gasteiger partial charge in [0.2, 0.25) is 0 Å². The van der Waals surface area contributed by atoms with Gasteiger partial charge in [0.25, 0.3) is 0 Å². The molecule has 0 saturated carbocycles. The number of nitrogens with zero attached hydrogens (tertiary/aromatic N) is 1. The summed E-state index contributed by atoms with van der Waals surface area (Å²) in [5, 5.41) is 1.50. The number of hydrazine groups is 1. The zero-order valence-electron chi connectivity index (χ0n) is 7.91. The molecule has 12 heavy (non-hydrogen) atoms.